The van der Waals surface area contributed by atoms with Crippen molar-refractivity contribution >= 4 is 17.6 Å². The Kier molecular flexibility index (Phi) is 6.01. The fraction of sp³-hybridized carbons (Fsp3) is 0.462. The molecule has 1 aromatic rings. The molecular weight excluding hydrogens is 240 g/mol. The number of carbonyl (C=O) groups is 1. The molecule has 0 fully saturated rings. The van der Waals surface area contributed by atoms with E-state index in [1.165, 1.54) is 0 Å². The third kappa shape index (κ3) is 5.71. The summed E-state index contributed by atoms with van der Waals surface area (Å²) in [5.74, 6) is -0.761. The summed E-state index contributed by atoms with van der Waals surface area (Å²) >= 11 is 5.75. The van der Waals surface area contributed by atoms with Crippen LogP contribution >= 0.6 is 11.6 Å². The van der Waals surface area contributed by atoms with Gasteiger partial charge >= 0.3 is 5.97 Å². The maximum absolute atomic E-state index is 10.3. The minimum Gasteiger partial charge on any atom is -0.481 e. The molecule has 0 radical (unpaired) electrons. The summed E-state index contributed by atoms with van der Waals surface area (Å²) in [6.07, 6.45) is 2.70. The van der Waals surface area contributed by atoms with Crippen molar-refractivity contribution in [1.29, 1.82) is 0 Å². The lowest BCUT2D eigenvalue weighted by Crippen LogP contribution is -1.98. The van der Waals surface area contributed by atoms with Crippen LogP contribution < -0.4 is 0 Å². The van der Waals surface area contributed by atoms with Gasteiger partial charge in [-0.1, -0.05) is 36.6 Å². The molecule has 0 heterocycles. The van der Waals surface area contributed by atoms with E-state index in [4.69, 9.17) is 16.7 Å². The third-order valence-electron chi connectivity index (χ3n) is 2.62. The molecule has 0 aliphatic heterocycles. The first kappa shape index (κ1) is 14.0. The number of carboxylic acid groups (broad SMARTS) is 1. The van der Waals surface area contributed by atoms with Crippen LogP contribution in [0.4, 0.5) is 0 Å². The Labute approximate surface area is 106 Å². The van der Waals surface area contributed by atoms with Crippen molar-refractivity contribution in [3.05, 3.63) is 34.9 Å². The fourth-order valence-electron chi connectivity index (χ4n) is 1.64. The van der Waals surface area contributed by atoms with Gasteiger partial charge in [0.25, 0.3) is 0 Å². The van der Waals surface area contributed by atoms with E-state index in [2.05, 4.69) is 0 Å². The Morgan fingerprint density at radius 2 is 1.82 bits per heavy atom. The van der Waals surface area contributed by atoms with Crippen molar-refractivity contribution < 1.29 is 15.0 Å². The quantitative estimate of drug-likeness (QED) is 0.735. The second-order valence-corrected chi connectivity index (χ2v) is 4.50. The van der Waals surface area contributed by atoms with E-state index in [-0.39, 0.29) is 6.42 Å². The highest BCUT2D eigenvalue weighted by atomic mass is 35.5. The van der Waals surface area contributed by atoms with Gasteiger partial charge < -0.3 is 10.2 Å². The van der Waals surface area contributed by atoms with Gasteiger partial charge in [0, 0.05) is 11.4 Å². The standard InChI is InChI=1S/C13H17ClO3/c14-11-8-6-10(7-9-11)12(15)4-2-1-3-5-13(16)17/h6-9,12,15H,1-5H2,(H,16,17). The normalized spacial score (nSPS) is 12.4. The first-order chi connectivity index (χ1) is 8.09. The average Bonchev–Trinajstić information content (AvgIpc) is 2.29. The predicted octanol–water partition coefficient (Wildman–Crippen LogP) is 3.41. The zero-order valence-corrected chi connectivity index (χ0v) is 10.4. The van der Waals surface area contributed by atoms with E-state index >= 15 is 0 Å². The van der Waals surface area contributed by atoms with E-state index in [1.54, 1.807) is 12.1 Å². The highest BCUT2D eigenvalue weighted by Gasteiger charge is 2.07. The van der Waals surface area contributed by atoms with Crippen LogP contribution in [0.25, 0.3) is 0 Å². The van der Waals surface area contributed by atoms with Crippen LogP contribution in [0.5, 0.6) is 0 Å². The summed E-state index contributed by atoms with van der Waals surface area (Å²) in [5, 5.41) is 19.0. The van der Waals surface area contributed by atoms with E-state index in [0.29, 0.717) is 17.9 Å². The van der Waals surface area contributed by atoms with Crippen molar-refractivity contribution in [2.24, 2.45) is 0 Å². The lowest BCUT2D eigenvalue weighted by molar-refractivity contribution is -0.137. The summed E-state index contributed by atoms with van der Waals surface area (Å²) in [6.45, 7) is 0. The number of hydrogen-bond donors (Lipinski definition) is 2. The van der Waals surface area contributed by atoms with E-state index in [1.807, 2.05) is 12.1 Å². The Bertz CT molecular complexity index is 348. The van der Waals surface area contributed by atoms with Gasteiger partial charge in [-0.15, -0.1) is 0 Å². The van der Waals surface area contributed by atoms with Crippen molar-refractivity contribution in [3.63, 3.8) is 0 Å². The Balaban J connectivity index is 2.23. The van der Waals surface area contributed by atoms with E-state index in [9.17, 15) is 9.90 Å². The second kappa shape index (κ2) is 7.30. The molecule has 0 spiro atoms. The van der Waals surface area contributed by atoms with Gasteiger partial charge in [0.15, 0.2) is 0 Å². The topological polar surface area (TPSA) is 57.5 Å². The van der Waals surface area contributed by atoms with Crippen LogP contribution in [0, 0.1) is 0 Å². The first-order valence-corrected chi connectivity index (χ1v) is 6.12. The monoisotopic (exact) mass is 256 g/mol. The van der Waals surface area contributed by atoms with Crippen LogP contribution in [-0.2, 0) is 4.79 Å². The number of benzene rings is 1. The van der Waals surface area contributed by atoms with Gasteiger partial charge in [0.05, 0.1) is 6.10 Å². The second-order valence-electron chi connectivity index (χ2n) is 4.06. The molecule has 2 N–H and O–H groups in total. The number of aliphatic hydroxyl groups is 1. The van der Waals surface area contributed by atoms with Crippen molar-refractivity contribution in [2.75, 3.05) is 0 Å². The summed E-state index contributed by atoms with van der Waals surface area (Å²) in [7, 11) is 0. The molecule has 0 bridgehead atoms. The molecule has 17 heavy (non-hydrogen) atoms. The summed E-state index contributed by atoms with van der Waals surface area (Å²) < 4.78 is 0. The molecule has 0 aliphatic rings. The SMILES string of the molecule is O=C(O)CCCCCC(O)c1ccc(Cl)cc1. The first-order valence-electron chi connectivity index (χ1n) is 5.75. The molecule has 0 amide bonds. The van der Waals surface area contributed by atoms with E-state index in [0.717, 1.165) is 18.4 Å². The molecule has 3 nitrogen and oxygen atoms in total. The van der Waals surface area contributed by atoms with Gasteiger partial charge in [-0.3, -0.25) is 4.79 Å². The molecule has 1 atom stereocenters. The number of rotatable bonds is 7. The molecule has 1 rings (SSSR count). The average molecular weight is 257 g/mol. The molecule has 0 aromatic heterocycles. The van der Waals surface area contributed by atoms with Crippen molar-refractivity contribution in [3.8, 4) is 0 Å². The Hall–Kier alpha value is -1.06. The minimum absolute atomic E-state index is 0.205. The maximum atomic E-state index is 10.3. The van der Waals surface area contributed by atoms with Gasteiger partial charge in [-0.25, -0.2) is 0 Å². The molecule has 4 heteroatoms. The van der Waals surface area contributed by atoms with Crippen molar-refractivity contribution in [1.82, 2.24) is 0 Å². The maximum Gasteiger partial charge on any atom is 0.303 e. The largest absolute Gasteiger partial charge is 0.481 e. The lowest BCUT2D eigenvalue weighted by atomic mass is 10.0. The number of halogens is 1. The molecule has 94 valence electrons. The molecular formula is C13H17ClO3. The van der Waals surface area contributed by atoms with Gasteiger partial charge in [0.2, 0.25) is 0 Å². The highest BCUT2D eigenvalue weighted by Crippen LogP contribution is 2.21. The zero-order chi connectivity index (χ0) is 12.7. The molecule has 0 saturated heterocycles. The number of unbranched alkanes of at least 4 members (excludes halogenated alkanes) is 2. The van der Waals surface area contributed by atoms with Crippen LogP contribution in [-0.4, -0.2) is 16.2 Å². The van der Waals surface area contributed by atoms with Gasteiger partial charge in [0.1, 0.15) is 0 Å². The van der Waals surface area contributed by atoms with Crippen LogP contribution in [0.3, 0.4) is 0 Å². The Morgan fingerprint density at radius 3 is 2.41 bits per heavy atom. The van der Waals surface area contributed by atoms with E-state index < -0.39 is 12.1 Å². The summed E-state index contributed by atoms with van der Waals surface area (Å²) in [5.41, 5.74) is 0.854. The predicted molar refractivity (Wildman–Crippen MR) is 67.1 cm³/mol. The van der Waals surface area contributed by atoms with Gasteiger partial charge in [-0.05, 0) is 30.5 Å². The smallest absolute Gasteiger partial charge is 0.303 e. The molecule has 0 saturated carbocycles. The minimum atomic E-state index is -0.761. The Morgan fingerprint density at radius 1 is 1.18 bits per heavy atom. The molecule has 1 unspecified atom stereocenters. The van der Waals surface area contributed by atoms with Crippen LogP contribution in [0.1, 0.15) is 43.8 Å². The number of hydrogen-bond acceptors (Lipinski definition) is 2. The number of aliphatic carboxylic acids is 1. The molecule has 1 aromatic carbocycles. The van der Waals surface area contributed by atoms with Crippen LogP contribution in [0.15, 0.2) is 24.3 Å². The third-order valence-corrected chi connectivity index (χ3v) is 2.87. The van der Waals surface area contributed by atoms with Crippen LogP contribution in [0.2, 0.25) is 5.02 Å². The number of carboxylic acids is 1. The summed E-state index contributed by atoms with van der Waals surface area (Å²) in [4.78, 5) is 10.3. The molecule has 0 aliphatic carbocycles. The highest BCUT2D eigenvalue weighted by molar-refractivity contribution is 6.30. The number of aliphatic hydroxyl groups excluding tert-OH is 1. The fourth-order valence-corrected chi connectivity index (χ4v) is 1.77. The van der Waals surface area contributed by atoms with Crippen molar-refractivity contribution in [2.45, 2.75) is 38.2 Å². The van der Waals surface area contributed by atoms with Gasteiger partial charge in [-0.2, -0.15) is 0 Å². The summed E-state index contributed by atoms with van der Waals surface area (Å²) in [6, 6.07) is 7.13. The zero-order valence-electron chi connectivity index (χ0n) is 9.60. The lowest BCUT2D eigenvalue weighted by Gasteiger charge is -2.10.